The molecule has 1 atom stereocenters. The van der Waals surface area contributed by atoms with Crippen molar-refractivity contribution >= 4 is 17.8 Å². The van der Waals surface area contributed by atoms with Crippen LogP contribution in [-0.2, 0) is 9.59 Å². The molecule has 0 spiro atoms. The lowest BCUT2D eigenvalue weighted by Crippen LogP contribution is -2.44. The molecule has 2 fully saturated rings. The second kappa shape index (κ2) is 5.40. The molecule has 7 heteroatoms. The van der Waals surface area contributed by atoms with Crippen molar-refractivity contribution in [2.45, 2.75) is 44.8 Å². The number of hydrogen-bond donors (Lipinski definition) is 2. The zero-order valence-corrected chi connectivity index (χ0v) is 11.9. The van der Waals surface area contributed by atoms with Crippen LogP contribution in [0.5, 0.6) is 0 Å². The average molecular weight is 283 g/mol. The molecule has 0 saturated carbocycles. The molecule has 112 valence electrons. The molecule has 7 nitrogen and oxygen atoms in total. The SMILES string of the molecule is CC1(C)NC(=O)N(CCC(=O)N2CCCC(O)C2)C1=O. The number of nitrogens with zero attached hydrogens (tertiary/aromatic N) is 2. The number of piperidine rings is 1. The number of nitrogens with one attached hydrogen (secondary N) is 1. The van der Waals surface area contributed by atoms with Crippen molar-refractivity contribution in [2.24, 2.45) is 0 Å². The van der Waals surface area contributed by atoms with Crippen LogP contribution < -0.4 is 5.32 Å². The minimum atomic E-state index is -0.901. The highest BCUT2D eigenvalue weighted by atomic mass is 16.3. The number of carbonyl (C=O) groups excluding carboxylic acids is 3. The predicted octanol–water partition coefficient (Wildman–Crippen LogP) is -0.310. The molecule has 20 heavy (non-hydrogen) atoms. The lowest BCUT2D eigenvalue weighted by atomic mass is 10.1. The summed E-state index contributed by atoms with van der Waals surface area (Å²) in [5, 5.41) is 12.1. The van der Waals surface area contributed by atoms with Gasteiger partial charge in [0.15, 0.2) is 0 Å². The molecule has 2 N–H and O–H groups in total. The minimum Gasteiger partial charge on any atom is -0.391 e. The Morgan fingerprint density at radius 3 is 2.70 bits per heavy atom. The Kier molecular flexibility index (Phi) is 3.99. The molecule has 0 radical (unpaired) electrons. The topological polar surface area (TPSA) is 90.0 Å². The fourth-order valence-corrected chi connectivity index (χ4v) is 2.57. The number of aliphatic hydroxyl groups is 1. The zero-order valence-electron chi connectivity index (χ0n) is 11.9. The van der Waals surface area contributed by atoms with Gasteiger partial charge in [-0.1, -0.05) is 0 Å². The third kappa shape index (κ3) is 2.92. The summed E-state index contributed by atoms with van der Waals surface area (Å²) in [7, 11) is 0. The number of aliphatic hydroxyl groups excluding tert-OH is 1. The molecule has 2 rings (SSSR count). The maximum Gasteiger partial charge on any atom is 0.325 e. The summed E-state index contributed by atoms with van der Waals surface area (Å²) in [5.74, 6) is -0.442. The van der Waals surface area contributed by atoms with E-state index in [0.29, 0.717) is 19.5 Å². The fourth-order valence-electron chi connectivity index (χ4n) is 2.57. The second-order valence-electron chi connectivity index (χ2n) is 5.90. The van der Waals surface area contributed by atoms with Crippen molar-refractivity contribution in [3.05, 3.63) is 0 Å². The van der Waals surface area contributed by atoms with Gasteiger partial charge in [0.1, 0.15) is 5.54 Å². The first-order chi connectivity index (χ1) is 9.31. The number of amides is 4. The maximum atomic E-state index is 12.0. The standard InChI is InChI=1S/C13H21N3O4/c1-13(2)11(19)16(12(20)14-13)7-5-10(18)15-6-3-4-9(17)8-15/h9,17H,3-8H2,1-2H3,(H,14,20). The van der Waals surface area contributed by atoms with Gasteiger partial charge in [0, 0.05) is 26.1 Å². The Bertz CT molecular complexity index is 435. The monoisotopic (exact) mass is 283 g/mol. The Balaban J connectivity index is 1.87. The highest BCUT2D eigenvalue weighted by Crippen LogP contribution is 2.17. The van der Waals surface area contributed by atoms with Crippen molar-refractivity contribution in [2.75, 3.05) is 19.6 Å². The molecule has 0 aliphatic carbocycles. The van der Waals surface area contributed by atoms with Crippen LogP contribution in [-0.4, -0.2) is 64.0 Å². The Morgan fingerprint density at radius 1 is 1.45 bits per heavy atom. The van der Waals surface area contributed by atoms with E-state index in [0.717, 1.165) is 11.3 Å². The Labute approximate surface area is 117 Å². The summed E-state index contributed by atoms with van der Waals surface area (Å²) in [6.45, 7) is 4.32. The van der Waals surface area contributed by atoms with Crippen LogP contribution in [0.2, 0.25) is 0 Å². The van der Waals surface area contributed by atoms with Crippen LogP contribution in [0.15, 0.2) is 0 Å². The zero-order chi connectivity index (χ0) is 14.9. The van der Waals surface area contributed by atoms with Gasteiger partial charge < -0.3 is 15.3 Å². The van der Waals surface area contributed by atoms with Gasteiger partial charge in [0.25, 0.3) is 5.91 Å². The van der Waals surface area contributed by atoms with E-state index >= 15 is 0 Å². The molecule has 0 aromatic carbocycles. The highest BCUT2D eigenvalue weighted by molar-refractivity contribution is 6.06. The molecule has 2 aliphatic rings. The number of hydrogen-bond acceptors (Lipinski definition) is 4. The fraction of sp³-hybridized carbons (Fsp3) is 0.769. The lowest BCUT2D eigenvalue weighted by molar-refractivity contribution is -0.135. The molecular formula is C13H21N3O4. The van der Waals surface area contributed by atoms with Gasteiger partial charge in [0.2, 0.25) is 5.91 Å². The molecule has 1 unspecified atom stereocenters. The second-order valence-corrected chi connectivity index (χ2v) is 5.90. The Hall–Kier alpha value is -1.63. The van der Waals surface area contributed by atoms with Crippen LogP contribution in [0, 0.1) is 0 Å². The molecule has 2 aliphatic heterocycles. The summed E-state index contributed by atoms with van der Waals surface area (Å²) in [4.78, 5) is 38.3. The number of rotatable bonds is 3. The summed E-state index contributed by atoms with van der Waals surface area (Å²) >= 11 is 0. The van der Waals surface area contributed by atoms with E-state index in [1.54, 1.807) is 18.7 Å². The number of imide groups is 1. The van der Waals surface area contributed by atoms with Crippen LogP contribution >= 0.6 is 0 Å². The predicted molar refractivity (Wildman–Crippen MR) is 70.8 cm³/mol. The van der Waals surface area contributed by atoms with Crippen molar-refractivity contribution in [3.63, 3.8) is 0 Å². The van der Waals surface area contributed by atoms with Gasteiger partial charge in [-0.2, -0.15) is 0 Å². The average Bonchev–Trinajstić information content (AvgIpc) is 2.56. The first-order valence-electron chi connectivity index (χ1n) is 6.91. The van der Waals surface area contributed by atoms with E-state index < -0.39 is 17.7 Å². The molecule has 2 saturated heterocycles. The molecular weight excluding hydrogens is 262 g/mol. The minimum absolute atomic E-state index is 0.0829. The van der Waals surface area contributed by atoms with Gasteiger partial charge in [0.05, 0.1) is 6.10 Å². The summed E-state index contributed by atoms with van der Waals surface area (Å²) in [6, 6.07) is -0.452. The third-order valence-electron chi connectivity index (χ3n) is 3.74. The van der Waals surface area contributed by atoms with Gasteiger partial charge in [-0.15, -0.1) is 0 Å². The number of carbonyl (C=O) groups is 3. The van der Waals surface area contributed by atoms with Gasteiger partial charge in [-0.25, -0.2) is 4.79 Å². The quantitative estimate of drug-likeness (QED) is 0.695. The van der Waals surface area contributed by atoms with E-state index in [1.807, 2.05) is 0 Å². The molecule has 0 aromatic rings. The normalized spacial score (nSPS) is 25.9. The van der Waals surface area contributed by atoms with Crippen molar-refractivity contribution < 1.29 is 19.5 Å². The number of likely N-dealkylation sites (tertiary alicyclic amines) is 1. The van der Waals surface area contributed by atoms with Crippen LogP contribution in [0.1, 0.15) is 33.1 Å². The van der Waals surface area contributed by atoms with Crippen LogP contribution in [0.4, 0.5) is 4.79 Å². The van der Waals surface area contributed by atoms with E-state index in [-0.39, 0.29) is 24.8 Å². The molecule has 0 aromatic heterocycles. The smallest absolute Gasteiger partial charge is 0.325 e. The maximum absolute atomic E-state index is 12.0. The van der Waals surface area contributed by atoms with Gasteiger partial charge in [-0.3, -0.25) is 14.5 Å². The first-order valence-corrected chi connectivity index (χ1v) is 6.91. The number of urea groups is 1. The van der Waals surface area contributed by atoms with Gasteiger partial charge >= 0.3 is 6.03 Å². The van der Waals surface area contributed by atoms with Crippen molar-refractivity contribution in [3.8, 4) is 0 Å². The summed E-state index contributed by atoms with van der Waals surface area (Å²) in [5.41, 5.74) is -0.901. The third-order valence-corrected chi connectivity index (χ3v) is 3.74. The van der Waals surface area contributed by atoms with Crippen molar-refractivity contribution in [1.82, 2.24) is 15.1 Å². The van der Waals surface area contributed by atoms with Crippen LogP contribution in [0.3, 0.4) is 0 Å². The molecule has 0 bridgehead atoms. The largest absolute Gasteiger partial charge is 0.391 e. The van der Waals surface area contributed by atoms with Crippen LogP contribution in [0.25, 0.3) is 0 Å². The summed E-state index contributed by atoms with van der Waals surface area (Å²) < 4.78 is 0. The lowest BCUT2D eigenvalue weighted by Gasteiger charge is -2.30. The summed E-state index contributed by atoms with van der Waals surface area (Å²) in [6.07, 6.45) is 1.12. The van der Waals surface area contributed by atoms with E-state index in [2.05, 4.69) is 5.32 Å². The van der Waals surface area contributed by atoms with E-state index in [1.165, 1.54) is 0 Å². The van der Waals surface area contributed by atoms with Gasteiger partial charge in [-0.05, 0) is 26.7 Å². The van der Waals surface area contributed by atoms with E-state index in [9.17, 15) is 19.5 Å². The Morgan fingerprint density at radius 2 is 2.15 bits per heavy atom. The van der Waals surface area contributed by atoms with Crippen molar-refractivity contribution in [1.29, 1.82) is 0 Å². The first kappa shape index (κ1) is 14.8. The van der Waals surface area contributed by atoms with E-state index in [4.69, 9.17) is 0 Å². The molecule has 2 heterocycles. The molecule has 4 amide bonds. The number of β-amino-alcohol motifs (C(OH)–C–C–N with tert-alkyl or cyclic N) is 1. The highest BCUT2D eigenvalue weighted by Gasteiger charge is 2.44.